The van der Waals surface area contributed by atoms with Gasteiger partial charge >= 0.3 is 0 Å². The van der Waals surface area contributed by atoms with Crippen molar-refractivity contribution < 1.29 is 9.53 Å². The number of ether oxygens (including phenoxy) is 1. The van der Waals surface area contributed by atoms with Crippen LogP contribution in [0.5, 0.6) is 5.75 Å². The summed E-state index contributed by atoms with van der Waals surface area (Å²) in [6.07, 6.45) is 1.69. The molecule has 2 aromatic rings. The third-order valence-corrected chi connectivity index (χ3v) is 2.64. The van der Waals surface area contributed by atoms with Crippen molar-refractivity contribution in [2.24, 2.45) is 7.05 Å². The van der Waals surface area contributed by atoms with E-state index in [0.29, 0.717) is 18.0 Å². The molecule has 1 heterocycles. The van der Waals surface area contributed by atoms with Gasteiger partial charge in [0, 0.05) is 18.9 Å². The van der Waals surface area contributed by atoms with Crippen LogP contribution in [0.4, 0.5) is 5.69 Å². The van der Waals surface area contributed by atoms with Crippen molar-refractivity contribution in [1.29, 1.82) is 0 Å². The number of aromatic nitrogens is 2. The van der Waals surface area contributed by atoms with Gasteiger partial charge in [0.25, 0.3) is 5.91 Å². The molecule has 3 N–H and O–H groups in total. The average molecular weight is 260 g/mol. The standard InChI is InChI=1S/C13H16N4O2/c1-17-11(6-7-16-17)8-15-13(18)9-19-12-4-2-10(14)3-5-12/h2-7H,8-9,14H2,1H3,(H,15,18). The van der Waals surface area contributed by atoms with Crippen molar-refractivity contribution in [3.8, 4) is 5.75 Å². The summed E-state index contributed by atoms with van der Waals surface area (Å²) in [5.74, 6) is 0.433. The normalized spacial score (nSPS) is 10.2. The van der Waals surface area contributed by atoms with Gasteiger partial charge in [0.1, 0.15) is 5.75 Å². The van der Waals surface area contributed by atoms with Crippen molar-refractivity contribution in [3.05, 3.63) is 42.2 Å². The molecule has 0 aliphatic carbocycles. The van der Waals surface area contributed by atoms with E-state index in [1.165, 1.54) is 0 Å². The zero-order valence-electron chi connectivity index (χ0n) is 10.7. The number of nitrogen functional groups attached to an aromatic ring is 1. The highest BCUT2D eigenvalue weighted by molar-refractivity contribution is 5.77. The first kappa shape index (κ1) is 12.9. The van der Waals surface area contributed by atoms with E-state index in [9.17, 15) is 4.79 Å². The maximum Gasteiger partial charge on any atom is 0.258 e. The van der Waals surface area contributed by atoms with Crippen molar-refractivity contribution >= 4 is 11.6 Å². The number of nitrogens with two attached hydrogens (primary N) is 1. The van der Waals surface area contributed by atoms with Gasteiger partial charge in [-0.3, -0.25) is 9.48 Å². The molecular formula is C13H16N4O2. The Morgan fingerprint density at radius 2 is 2.11 bits per heavy atom. The van der Waals surface area contributed by atoms with Crippen LogP contribution in [-0.4, -0.2) is 22.3 Å². The first-order chi connectivity index (χ1) is 9.15. The van der Waals surface area contributed by atoms with E-state index in [1.54, 1.807) is 35.1 Å². The molecule has 2 rings (SSSR count). The van der Waals surface area contributed by atoms with Crippen LogP contribution < -0.4 is 15.8 Å². The lowest BCUT2D eigenvalue weighted by Gasteiger charge is -2.07. The van der Waals surface area contributed by atoms with Gasteiger partial charge in [0.05, 0.1) is 12.2 Å². The van der Waals surface area contributed by atoms with E-state index >= 15 is 0 Å². The summed E-state index contributed by atoms with van der Waals surface area (Å²) < 4.78 is 7.04. The van der Waals surface area contributed by atoms with Gasteiger partial charge in [-0.25, -0.2) is 0 Å². The summed E-state index contributed by atoms with van der Waals surface area (Å²) in [6, 6.07) is 8.75. The predicted molar refractivity (Wildman–Crippen MR) is 71.4 cm³/mol. The third-order valence-electron chi connectivity index (χ3n) is 2.64. The van der Waals surface area contributed by atoms with Crippen LogP contribution in [0, 0.1) is 0 Å². The van der Waals surface area contributed by atoms with Gasteiger partial charge in [-0.05, 0) is 30.3 Å². The number of carbonyl (C=O) groups excluding carboxylic acids is 1. The lowest BCUT2D eigenvalue weighted by Crippen LogP contribution is -2.29. The minimum Gasteiger partial charge on any atom is -0.484 e. The Morgan fingerprint density at radius 1 is 1.37 bits per heavy atom. The lowest BCUT2D eigenvalue weighted by atomic mass is 10.3. The summed E-state index contributed by atoms with van der Waals surface area (Å²) in [6.45, 7) is 0.405. The van der Waals surface area contributed by atoms with Gasteiger partial charge in [0.15, 0.2) is 6.61 Å². The summed E-state index contributed by atoms with van der Waals surface area (Å²) in [5, 5.41) is 6.78. The van der Waals surface area contributed by atoms with E-state index in [-0.39, 0.29) is 12.5 Å². The molecule has 100 valence electrons. The minimum absolute atomic E-state index is 0.0260. The number of anilines is 1. The summed E-state index contributed by atoms with van der Waals surface area (Å²) in [7, 11) is 1.83. The van der Waals surface area contributed by atoms with E-state index < -0.39 is 0 Å². The van der Waals surface area contributed by atoms with Crippen LogP contribution in [0.2, 0.25) is 0 Å². The molecule has 0 saturated heterocycles. The Balaban J connectivity index is 1.76. The first-order valence-electron chi connectivity index (χ1n) is 5.87. The third kappa shape index (κ3) is 3.74. The molecule has 1 amide bonds. The van der Waals surface area contributed by atoms with E-state index in [0.717, 1.165) is 5.69 Å². The summed E-state index contributed by atoms with van der Waals surface area (Å²) in [4.78, 5) is 11.6. The monoisotopic (exact) mass is 260 g/mol. The Kier molecular flexibility index (Phi) is 4.02. The highest BCUT2D eigenvalue weighted by Gasteiger charge is 2.04. The van der Waals surface area contributed by atoms with E-state index in [2.05, 4.69) is 10.4 Å². The van der Waals surface area contributed by atoms with Crippen LogP contribution in [0.1, 0.15) is 5.69 Å². The number of amides is 1. The number of nitrogens with zero attached hydrogens (tertiary/aromatic N) is 2. The number of benzene rings is 1. The maximum absolute atomic E-state index is 11.6. The van der Waals surface area contributed by atoms with Crippen molar-refractivity contribution in [1.82, 2.24) is 15.1 Å². The SMILES string of the molecule is Cn1nccc1CNC(=O)COc1ccc(N)cc1. The van der Waals surface area contributed by atoms with E-state index in [1.807, 2.05) is 13.1 Å². The van der Waals surface area contributed by atoms with Gasteiger partial charge in [-0.15, -0.1) is 0 Å². The molecule has 0 aliphatic heterocycles. The van der Waals surface area contributed by atoms with Crippen molar-refractivity contribution in [2.75, 3.05) is 12.3 Å². The first-order valence-corrected chi connectivity index (χ1v) is 5.87. The van der Waals surface area contributed by atoms with Crippen LogP contribution >= 0.6 is 0 Å². The minimum atomic E-state index is -0.182. The van der Waals surface area contributed by atoms with Gasteiger partial charge in [-0.2, -0.15) is 5.10 Å². The highest BCUT2D eigenvalue weighted by atomic mass is 16.5. The zero-order chi connectivity index (χ0) is 13.7. The number of aryl methyl sites for hydroxylation is 1. The predicted octanol–water partition coefficient (Wildman–Crippen LogP) is 0.697. The highest BCUT2D eigenvalue weighted by Crippen LogP contribution is 2.12. The lowest BCUT2D eigenvalue weighted by molar-refractivity contribution is -0.123. The fraction of sp³-hybridized carbons (Fsp3) is 0.231. The molecule has 0 spiro atoms. The van der Waals surface area contributed by atoms with Crippen molar-refractivity contribution in [3.63, 3.8) is 0 Å². The Labute approximate surface area is 111 Å². The zero-order valence-corrected chi connectivity index (χ0v) is 10.7. The molecule has 6 heteroatoms. The number of nitrogens with one attached hydrogen (secondary N) is 1. The Hall–Kier alpha value is -2.50. The molecule has 6 nitrogen and oxygen atoms in total. The van der Waals surface area contributed by atoms with Crippen LogP contribution in [-0.2, 0) is 18.4 Å². The summed E-state index contributed by atoms with van der Waals surface area (Å²) in [5.41, 5.74) is 7.15. The van der Waals surface area contributed by atoms with Crippen LogP contribution in [0.3, 0.4) is 0 Å². The molecule has 0 fully saturated rings. The Morgan fingerprint density at radius 3 is 2.74 bits per heavy atom. The number of carbonyl (C=O) groups is 1. The fourth-order valence-electron chi connectivity index (χ4n) is 1.53. The second-order valence-corrected chi connectivity index (χ2v) is 4.08. The maximum atomic E-state index is 11.6. The second kappa shape index (κ2) is 5.90. The molecule has 0 bridgehead atoms. The molecule has 0 unspecified atom stereocenters. The topological polar surface area (TPSA) is 82.2 Å². The Bertz CT molecular complexity index is 548. The number of rotatable bonds is 5. The van der Waals surface area contributed by atoms with E-state index in [4.69, 9.17) is 10.5 Å². The number of hydrogen-bond donors (Lipinski definition) is 2. The van der Waals surface area contributed by atoms with Crippen LogP contribution in [0.25, 0.3) is 0 Å². The summed E-state index contributed by atoms with van der Waals surface area (Å²) >= 11 is 0. The molecule has 1 aromatic carbocycles. The largest absolute Gasteiger partial charge is 0.484 e. The molecule has 19 heavy (non-hydrogen) atoms. The fourth-order valence-corrected chi connectivity index (χ4v) is 1.53. The molecule has 0 saturated carbocycles. The smallest absolute Gasteiger partial charge is 0.258 e. The molecule has 0 aliphatic rings. The quantitative estimate of drug-likeness (QED) is 0.775. The number of hydrogen-bond acceptors (Lipinski definition) is 4. The van der Waals surface area contributed by atoms with Gasteiger partial charge in [-0.1, -0.05) is 0 Å². The van der Waals surface area contributed by atoms with Gasteiger partial charge in [0.2, 0.25) is 0 Å². The molecular weight excluding hydrogens is 244 g/mol. The molecule has 0 atom stereocenters. The second-order valence-electron chi connectivity index (χ2n) is 4.08. The molecule has 0 radical (unpaired) electrons. The molecule has 1 aromatic heterocycles. The average Bonchev–Trinajstić information content (AvgIpc) is 2.81. The van der Waals surface area contributed by atoms with Crippen molar-refractivity contribution in [2.45, 2.75) is 6.54 Å². The van der Waals surface area contributed by atoms with Crippen LogP contribution in [0.15, 0.2) is 36.5 Å². The van der Waals surface area contributed by atoms with Gasteiger partial charge < -0.3 is 15.8 Å².